The molecule has 1 aliphatic rings. The summed E-state index contributed by atoms with van der Waals surface area (Å²) in [5.41, 5.74) is 1.29. The van der Waals surface area contributed by atoms with Crippen molar-refractivity contribution in [1.29, 1.82) is 0 Å². The number of pyridine rings is 1. The summed E-state index contributed by atoms with van der Waals surface area (Å²) in [7, 11) is -3.60. The molecule has 0 saturated heterocycles. The molecule has 30 heavy (non-hydrogen) atoms. The van der Waals surface area contributed by atoms with E-state index in [4.69, 9.17) is 0 Å². The number of nitrogens with zero attached hydrogens (tertiary/aromatic N) is 2. The Morgan fingerprint density at radius 2 is 2.00 bits per heavy atom. The number of aromatic nitrogens is 2. The Balaban J connectivity index is 1.62. The van der Waals surface area contributed by atoms with Gasteiger partial charge in [-0.3, -0.25) is 10.1 Å². The summed E-state index contributed by atoms with van der Waals surface area (Å²) >= 11 is 1.29. The molecule has 0 unspecified atom stereocenters. The molecule has 9 heteroatoms. The predicted molar refractivity (Wildman–Crippen MR) is 113 cm³/mol. The van der Waals surface area contributed by atoms with Gasteiger partial charge in [-0.05, 0) is 36.6 Å². The van der Waals surface area contributed by atoms with Crippen LogP contribution in [-0.4, -0.2) is 30.0 Å². The fourth-order valence-corrected chi connectivity index (χ4v) is 5.26. The molecule has 1 aromatic carbocycles. The second-order valence-electron chi connectivity index (χ2n) is 7.08. The highest BCUT2D eigenvalue weighted by Crippen LogP contribution is 2.44. The largest absolute Gasteiger partial charge is 0.296 e. The van der Waals surface area contributed by atoms with Crippen LogP contribution in [0, 0.1) is 5.82 Å². The van der Waals surface area contributed by atoms with Crippen LogP contribution in [0.25, 0.3) is 0 Å². The van der Waals surface area contributed by atoms with Crippen LogP contribution in [0.15, 0.2) is 47.5 Å². The smallest absolute Gasteiger partial charge is 0.277 e. The van der Waals surface area contributed by atoms with Crippen molar-refractivity contribution in [3.8, 4) is 0 Å². The molecule has 4 rings (SSSR count). The first-order valence-corrected chi connectivity index (χ1v) is 12.1. The van der Waals surface area contributed by atoms with E-state index in [2.05, 4.69) is 15.3 Å². The molecule has 156 valence electrons. The fourth-order valence-electron chi connectivity index (χ4n) is 3.16. The minimum absolute atomic E-state index is 0.101. The monoisotopic (exact) mass is 445 g/mol. The number of anilines is 1. The van der Waals surface area contributed by atoms with Gasteiger partial charge >= 0.3 is 0 Å². The molecule has 2 aromatic heterocycles. The maximum absolute atomic E-state index is 14.1. The van der Waals surface area contributed by atoms with E-state index < -0.39 is 15.7 Å². The number of carbonyl (C=O) groups is 1. The highest BCUT2D eigenvalue weighted by Gasteiger charge is 2.31. The van der Waals surface area contributed by atoms with Crippen LogP contribution in [0.5, 0.6) is 0 Å². The van der Waals surface area contributed by atoms with E-state index in [9.17, 15) is 17.6 Å². The standard InChI is InChI=1S/C21H20FN3O3S2/c1-2-30(27,28)17-8-5-11-23-19(17)20(26)25-21-24-18(13-9-10-13)16(29-21)12-14-6-3-4-7-15(14)22/h3-8,11,13H,2,9-10,12H2,1H3,(H,24,25,26). The maximum Gasteiger partial charge on any atom is 0.277 e. The van der Waals surface area contributed by atoms with Crippen LogP contribution in [0.2, 0.25) is 0 Å². The lowest BCUT2D eigenvalue weighted by molar-refractivity contribution is 0.101. The molecule has 1 fully saturated rings. The van der Waals surface area contributed by atoms with Crippen molar-refractivity contribution in [2.75, 3.05) is 11.1 Å². The number of carbonyl (C=O) groups excluding carboxylic acids is 1. The number of thiazole rings is 1. The number of hydrogen-bond donors (Lipinski definition) is 1. The Kier molecular flexibility index (Phi) is 5.66. The van der Waals surface area contributed by atoms with Gasteiger partial charge in [-0.2, -0.15) is 0 Å². The molecule has 1 N–H and O–H groups in total. The maximum atomic E-state index is 14.1. The third-order valence-electron chi connectivity index (χ3n) is 4.92. The van der Waals surface area contributed by atoms with E-state index in [1.165, 1.54) is 42.7 Å². The van der Waals surface area contributed by atoms with Crippen molar-refractivity contribution in [3.05, 3.63) is 70.2 Å². The molecule has 0 aliphatic heterocycles. The first kappa shape index (κ1) is 20.6. The van der Waals surface area contributed by atoms with E-state index in [0.29, 0.717) is 23.0 Å². The molecule has 0 radical (unpaired) electrons. The zero-order valence-corrected chi connectivity index (χ0v) is 17.9. The predicted octanol–water partition coefficient (Wildman–Crippen LogP) is 4.19. The third kappa shape index (κ3) is 4.27. The number of nitrogens with one attached hydrogen (secondary N) is 1. The highest BCUT2D eigenvalue weighted by atomic mass is 32.2. The Morgan fingerprint density at radius 1 is 1.23 bits per heavy atom. The van der Waals surface area contributed by atoms with Gasteiger partial charge in [-0.25, -0.2) is 22.8 Å². The van der Waals surface area contributed by atoms with Crippen LogP contribution in [-0.2, 0) is 16.3 Å². The number of halogens is 1. The van der Waals surface area contributed by atoms with Gasteiger partial charge < -0.3 is 0 Å². The van der Waals surface area contributed by atoms with Gasteiger partial charge in [-0.15, -0.1) is 11.3 Å². The van der Waals surface area contributed by atoms with E-state index in [0.717, 1.165) is 23.4 Å². The van der Waals surface area contributed by atoms with Crippen molar-refractivity contribution >= 4 is 32.2 Å². The van der Waals surface area contributed by atoms with Crippen LogP contribution in [0.4, 0.5) is 9.52 Å². The van der Waals surface area contributed by atoms with E-state index in [-0.39, 0.29) is 22.2 Å². The lowest BCUT2D eigenvalue weighted by Crippen LogP contribution is -2.18. The molecule has 2 heterocycles. The summed E-state index contributed by atoms with van der Waals surface area (Å²) < 4.78 is 38.7. The second-order valence-corrected chi connectivity index (χ2v) is 10.4. The molecule has 1 aliphatic carbocycles. The Bertz CT molecular complexity index is 1200. The summed E-state index contributed by atoms with van der Waals surface area (Å²) in [5.74, 6) is -0.716. The minimum atomic E-state index is -3.60. The number of rotatable bonds is 7. The van der Waals surface area contributed by atoms with Crippen molar-refractivity contribution in [2.45, 2.75) is 37.0 Å². The van der Waals surface area contributed by atoms with Gasteiger partial charge in [0.1, 0.15) is 11.5 Å². The number of sulfone groups is 1. The van der Waals surface area contributed by atoms with Gasteiger partial charge in [0.2, 0.25) is 0 Å². The van der Waals surface area contributed by atoms with Crippen LogP contribution >= 0.6 is 11.3 Å². The van der Waals surface area contributed by atoms with Crippen molar-refractivity contribution in [3.63, 3.8) is 0 Å². The Labute approximate surface area is 178 Å². The van der Waals surface area contributed by atoms with Gasteiger partial charge in [0, 0.05) is 23.4 Å². The summed E-state index contributed by atoms with van der Waals surface area (Å²) in [6.07, 6.45) is 3.80. The van der Waals surface area contributed by atoms with Crippen molar-refractivity contribution < 1.29 is 17.6 Å². The van der Waals surface area contributed by atoms with Gasteiger partial charge in [0.25, 0.3) is 5.91 Å². The lowest BCUT2D eigenvalue weighted by atomic mass is 10.1. The zero-order valence-electron chi connectivity index (χ0n) is 16.3. The molecule has 1 saturated carbocycles. The fraction of sp³-hybridized carbons (Fsp3) is 0.286. The van der Waals surface area contributed by atoms with E-state index in [1.54, 1.807) is 18.2 Å². The number of benzene rings is 1. The second kappa shape index (κ2) is 8.23. The quantitative estimate of drug-likeness (QED) is 0.589. The van der Waals surface area contributed by atoms with E-state index in [1.807, 2.05) is 0 Å². The number of amides is 1. The Hall–Kier alpha value is -2.65. The zero-order chi connectivity index (χ0) is 21.3. The molecular formula is C21H20FN3O3S2. The van der Waals surface area contributed by atoms with Crippen LogP contribution in [0.3, 0.4) is 0 Å². The lowest BCUT2D eigenvalue weighted by Gasteiger charge is -2.07. The molecule has 1 amide bonds. The average Bonchev–Trinajstić information content (AvgIpc) is 3.51. The highest BCUT2D eigenvalue weighted by molar-refractivity contribution is 7.91. The average molecular weight is 446 g/mol. The minimum Gasteiger partial charge on any atom is -0.296 e. The SMILES string of the molecule is CCS(=O)(=O)c1cccnc1C(=O)Nc1nc(C2CC2)c(Cc2ccccc2F)s1. The molecule has 0 atom stereocenters. The van der Waals surface area contributed by atoms with Gasteiger partial charge in [0.15, 0.2) is 15.0 Å². The molecule has 3 aromatic rings. The number of hydrogen-bond acceptors (Lipinski definition) is 6. The summed E-state index contributed by atoms with van der Waals surface area (Å²) in [5, 5.41) is 3.05. The molecular weight excluding hydrogens is 425 g/mol. The molecule has 0 spiro atoms. The third-order valence-corrected chi connectivity index (χ3v) is 7.67. The summed E-state index contributed by atoms with van der Waals surface area (Å²) in [6, 6.07) is 9.46. The van der Waals surface area contributed by atoms with Crippen LogP contribution in [0.1, 0.15) is 52.3 Å². The van der Waals surface area contributed by atoms with E-state index >= 15 is 0 Å². The van der Waals surface area contributed by atoms with Crippen LogP contribution < -0.4 is 5.32 Å². The topological polar surface area (TPSA) is 89.0 Å². The Morgan fingerprint density at radius 3 is 2.70 bits per heavy atom. The first-order chi connectivity index (χ1) is 14.4. The summed E-state index contributed by atoms with van der Waals surface area (Å²) in [4.78, 5) is 22.1. The molecule has 0 bridgehead atoms. The normalized spacial score (nSPS) is 13.9. The van der Waals surface area contributed by atoms with Crippen molar-refractivity contribution in [2.24, 2.45) is 0 Å². The van der Waals surface area contributed by atoms with Gasteiger partial charge in [-0.1, -0.05) is 25.1 Å². The van der Waals surface area contributed by atoms with Crippen molar-refractivity contribution in [1.82, 2.24) is 9.97 Å². The molecule has 6 nitrogen and oxygen atoms in total. The summed E-state index contributed by atoms with van der Waals surface area (Å²) in [6.45, 7) is 1.52. The van der Waals surface area contributed by atoms with Gasteiger partial charge in [0.05, 0.1) is 16.3 Å². The first-order valence-electron chi connectivity index (χ1n) is 9.61.